The zero-order valence-corrected chi connectivity index (χ0v) is 13.8. The quantitative estimate of drug-likeness (QED) is 0.879. The van der Waals surface area contributed by atoms with E-state index in [4.69, 9.17) is 4.74 Å². The lowest BCUT2D eigenvalue weighted by Crippen LogP contribution is -2.39. The van der Waals surface area contributed by atoms with Gasteiger partial charge in [0.25, 0.3) is 0 Å². The van der Waals surface area contributed by atoms with Crippen LogP contribution in [0, 0.1) is 0 Å². The van der Waals surface area contributed by atoms with E-state index in [0.717, 1.165) is 12.1 Å². The topological polar surface area (TPSA) is 58.6 Å². The van der Waals surface area contributed by atoms with Crippen LogP contribution in [0.5, 0.6) is 0 Å². The number of amides is 1. The van der Waals surface area contributed by atoms with Crippen molar-refractivity contribution in [1.29, 1.82) is 0 Å². The number of nitrogens with one attached hydrogen (secondary N) is 1. The van der Waals surface area contributed by atoms with E-state index in [9.17, 15) is 9.59 Å². The monoisotopic (exact) mass is 324 g/mol. The average molecular weight is 324 g/mol. The highest BCUT2D eigenvalue weighted by atomic mass is 16.5. The van der Waals surface area contributed by atoms with Crippen molar-refractivity contribution in [2.45, 2.75) is 19.4 Å². The Bertz CT molecular complexity index is 773. The number of anilines is 2. The molecule has 2 aromatic rings. The predicted molar refractivity (Wildman–Crippen MR) is 93.4 cm³/mol. The second kappa shape index (κ2) is 6.74. The third-order valence-corrected chi connectivity index (χ3v) is 4.24. The van der Waals surface area contributed by atoms with Gasteiger partial charge in [-0.1, -0.05) is 30.3 Å². The molecule has 0 unspecified atom stereocenters. The van der Waals surface area contributed by atoms with Gasteiger partial charge in [0.15, 0.2) is 0 Å². The van der Waals surface area contributed by atoms with Gasteiger partial charge in [-0.15, -0.1) is 0 Å². The zero-order valence-electron chi connectivity index (χ0n) is 13.8. The molecule has 3 rings (SSSR count). The van der Waals surface area contributed by atoms with Gasteiger partial charge >= 0.3 is 5.97 Å². The van der Waals surface area contributed by atoms with Gasteiger partial charge in [0.05, 0.1) is 19.2 Å². The van der Waals surface area contributed by atoms with Gasteiger partial charge in [0.2, 0.25) is 5.91 Å². The third-order valence-electron chi connectivity index (χ3n) is 4.24. The van der Waals surface area contributed by atoms with Crippen LogP contribution in [0.15, 0.2) is 48.5 Å². The van der Waals surface area contributed by atoms with Crippen LogP contribution in [0.4, 0.5) is 11.4 Å². The van der Waals surface area contributed by atoms with Crippen molar-refractivity contribution in [3.05, 3.63) is 59.7 Å². The lowest BCUT2D eigenvalue weighted by atomic mass is 10.1. The summed E-state index contributed by atoms with van der Waals surface area (Å²) < 4.78 is 4.77. The molecule has 124 valence electrons. The number of carbonyl (C=O) groups excluding carboxylic acids is 2. The summed E-state index contributed by atoms with van der Waals surface area (Å²) in [6.07, 6.45) is 0.862. The molecule has 24 heavy (non-hydrogen) atoms. The minimum atomic E-state index is -0.426. The fourth-order valence-electron chi connectivity index (χ4n) is 3.13. The van der Waals surface area contributed by atoms with Crippen LogP contribution < -0.4 is 10.2 Å². The number of para-hydroxylation sites is 2. The Morgan fingerprint density at radius 2 is 1.88 bits per heavy atom. The van der Waals surface area contributed by atoms with Crippen molar-refractivity contribution in [1.82, 2.24) is 0 Å². The SMILES string of the molecule is COC(=O)c1ccccc1NCC(=O)N1c2ccccc2C[C@@H]1C. The normalized spacial score (nSPS) is 15.8. The number of methoxy groups -OCH3 is 1. The van der Waals surface area contributed by atoms with E-state index in [1.807, 2.05) is 36.1 Å². The Morgan fingerprint density at radius 3 is 2.67 bits per heavy atom. The van der Waals surface area contributed by atoms with Crippen molar-refractivity contribution in [2.75, 3.05) is 23.9 Å². The summed E-state index contributed by atoms with van der Waals surface area (Å²) in [7, 11) is 1.34. The molecule has 0 bridgehead atoms. The minimum Gasteiger partial charge on any atom is -0.465 e. The van der Waals surface area contributed by atoms with Gasteiger partial charge in [-0.3, -0.25) is 4.79 Å². The molecule has 0 aliphatic carbocycles. The number of rotatable bonds is 4. The predicted octanol–water partition coefficient (Wildman–Crippen LogP) is 2.86. The van der Waals surface area contributed by atoms with Crippen molar-refractivity contribution >= 4 is 23.3 Å². The summed E-state index contributed by atoms with van der Waals surface area (Å²) in [5, 5.41) is 3.06. The van der Waals surface area contributed by atoms with E-state index in [-0.39, 0.29) is 18.5 Å². The summed E-state index contributed by atoms with van der Waals surface area (Å²) in [6.45, 7) is 2.16. The summed E-state index contributed by atoms with van der Waals surface area (Å²) in [5.74, 6) is -0.447. The average Bonchev–Trinajstić information content (AvgIpc) is 2.95. The van der Waals surface area contributed by atoms with Crippen LogP contribution in [0.3, 0.4) is 0 Å². The number of fused-ring (bicyclic) bond motifs is 1. The van der Waals surface area contributed by atoms with Crippen molar-refractivity contribution < 1.29 is 14.3 Å². The lowest BCUT2D eigenvalue weighted by molar-refractivity contribution is -0.117. The highest BCUT2D eigenvalue weighted by Crippen LogP contribution is 2.31. The maximum Gasteiger partial charge on any atom is 0.339 e. The largest absolute Gasteiger partial charge is 0.465 e. The van der Waals surface area contributed by atoms with Gasteiger partial charge in [0, 0.05) is 17.4 Å². The van der Waals surface area contributed by atoms with Crippen LogP contribution in [0.25, 0.3) is 0 Å². The van der Waals surface area contributed by atoms with E-state index in [2.05, 4.69) is 11.4 Å². The van der Waals surface area contributed by atoms with Crippen molar-refractivity contribution in [3.63, 3.8) is 0 Å². The molecule has 1 atom stereocenters. The van der Waals surface area contributed by atoms with Crippen LogP contribution in [0.2, 0.25) is 0 Å². The first-order chi connectivity index (χ1) is 11.6. The number of ether oxygens (including phenoxy) is 1. The van der Waals surface area contributed by atoms with Crippen LogP contribution in [-0.2, 0) is 16.0 Å². The van der Waals surface area contributed by atoms with Crippen LogP contribution in [-0.4, -0.2) is 31.6 Å². The number of hydrogen-bond acceptors (Lipinski definition) is 4. The highest BCUT2D eigenvalue weighted by molar-refractivity contribution is 6.00. The Labute approximate surface area is 141 Å². The molecular weight excluding hydrogens is 304 g/mol. The molecule has 1 amide bonds. The maximum atomic E-state index is 12.7. The third kappa shape index (κ3) is 2.97. The molecule has 1 N–H and O–H groups in total. The van der Waals surface area contributed by atoms with Gasteiger partial charge < -0.3 is 15.0 Å². The molecule has 1 aliphatic heterocycles. The standard InChI is InChI=1S/C19H20N2O3/c1-13-11-14-7-3-6-10-17(14)21(13)18(22)12-20-16-9-5-4-8-15(16)19(23)24-2/h3-10,13,20H,11-12H2,1-2H3/t13-/m0/s1. The molecule has 0 radical (unpaired) electrons. The molecule has 1 heterocycles. The lowest BCUT2D eigenvalue weighted by Gasteiger charge is -2.23. The summed E-state index contributed by atoms with van der Waals surface area (Å²) >= 11 is 0. The molecule has 0 saturated heterocycles. The van der Waals surface area contributed by atoms with Crippen molar-refractivity contribution in [3.8, 4) is 0 Å². The fourth-order valence-corrected chi connectivity index (χ4v) is 3.13. The second-order valence-electron chi connectivity index (χ2n) is 5.84. The first-order valence-corrected chi connectivity index (χ1v) is 7.93. The number of carbonyl (C=O) groups is 2. The molecular formula is C19H20N2O3. The number of benzene rings is 2. The van der Waals surface area contributed by atoms with E-state index < -0.39 is 5.97 Å². The molecule has 5 heteroatoms. The highest BCUT2D eigenvalue weighted by Gasteiger charge is 2.30. The fraction of sp³-hybridized carbons (Fsp3) is 0.263. The van der Waals surface area contributed by atoms with E-state index in [0.29, 0.717) is 11.3 Å². The minimum absolute atomic E-state index is 0.0212. The van der Waals surface area contributed by atoms with E-state index in [1.54, 1.807) is 18.2 Å². The summed E-state index contributed by atoms with van der Waals surface area (Å²) in [5.41, 5.74) is 3.17. The van der Waals surface area contributed by atoms with Gasteiger partial charge in [-0.05, 0) is 37.1 Å². The van der Waals surface area contributed by atoms with Gasteiger partial charge in [-0.2, -0.15) is 0 Å². The Morgan fingerprint density at radius 1 is 1.17 bits per heavy atom. The maximum absolute atomic E-state index is 12.7. The molecule has 0 fully saturated rings. The molecule has 2 aromatic carbocycles. The number of nitrogens with zero attached hydrogens (tertiary/aromatic N) is 1. The van der Waals surface area contributed by atoms with Crippen LogP contribution in [0.1, 0.15) is 22.8 Å². The molecule has 0 aromatic heterocycles. The van der Waals surface area contributed by atoms with Gasteiger partial charge in [0.1, 0.15) is 0 Å². The van der Waals surface area contributed by atoms with E-state index >= 15 is 0 Å². The van der Waals surface area contributed by atoms with E-state index in [1.165, 1.54) is 12.7 Å². The van der Waals surface area contributed by atoms with Gasteiger partial charge in [-0.25, -0.2) is 4.79 Å². The Kier molecular flexibility index (Phi) is 4.51. The Balaban J connectivity index is 1.74. The first-order valence-electron chi connectivity index (χ1n) is 7.93. The smallest absolute Gasteiger partial charge is 0.339 e. The zero-order chi connectivity index (χ0) is 17.1. The summed E-state index contributed by atoms with van der Waals surface area (Å²) in [4.78, 5) is 26.3. The van der Waals surface area contributed by atoms with Crippen LogP contribution >= 0.6 is 0 Å². The molecule has 0 saturated carbocycles. The Hall–Kier alpha value is -2.82. The first kappa shape index (κ1) is 16.1. The van der Waals surface area contributed by atoms with Crippen molar-refractivity contribution in [2.24, 2.45) is 0 Å². The number of hydrogen-bond donors (Lipinski definition) is 1. The molecule has 1 aliphatic rings. The number of esters is 1. The second-order valence-corrected chi connectivity index (χ2v) is 5.84. The molecule has 0 spiro atoms. The summed E-state index contributed by atoms with van der Waals surface area (Å²) in [6, 6.07) is 15.1. The molecule has 5 nitrogen and oxygen atoms in total.